The zero-order valence-electron chi connectivity index (χ0n) is 11.8. The van der Waals surface area contributed by atoms with Gasteiger partial charge in [-0.05, 0) is 34.0 Å². The average molecular weight is 247 g/mol. The Morgan fingerprint density at radius 3 is 2.72 bits per heavy atom. The summed E-state index contributed by atoms with van der Waals surface area (Å²) in [5, 5.41) is 1.16. The van der Waals surface area contributed by atoms with E-state index in [1.54, 1.807) is 7.11 Å². The van der Waals surface area contributed by atoms with Crippen molar-refractivity contribution in [1.29, 1.82) is 0 Å². The van der Waals surface area contributed by atoms with Gasteiger partial charge in [-0.3, -0.25) is 0 Å². The Morgan fingerprint density at radius 1 is 1.39 bits per heavy atom. The van der Waals surface area contributed by atoms with Crippen LogP contribution in [0.3, 0.4) is 0 Å². The van der Waals surface area contributed by atoms with Gasteiger partial charge in [-0.15, -0.1) is 0 Å². The Labute approximate surface area is 108 Å². The molecule has 0 saturated heterocycles. The van der Waals surface area contributed by atoms with E-state index in [0.717, 1.165) is 17.4 Å². The lowest BCUT2D eigenvalue weighted by Crippen LogP contribution is -2.41. The highest BCUT2D eigenvalue weighted by atomic mass is 16.5. The first-order chi connectivity index (χ1) is 8.44. The van der Waals surface area contributed by atoms with E-state index in [2.05, 4.69) is 54.7 Å². The summed E-state index contributed by atoms with van der Waals surface area (Å²) >= 11 is 0. The Morgan fingerprint density at radius 2 is 2.11 bits per heavy atom. The molecule has 0 atom stereocenters. The van der Waals surface area contributed by atoms with Crippen LogP contribution in [0.15, 0.2) is 24.5 Å². The molecule has 0 aliphatic carbocycles. The predicted molar refractivity (Wildman–Crippen MR) is 74.1 cm³/mol. The topological polar surface area (TPSA) is 30.3 Å². The number of hydrogen-bond acceptors (Lipinski definition) is 3. The molecular weight excluding hydrogens is 226 g/mol. The largest absolute Gasteiger partial charge is 0.481 e. The zero-order chi connectivity index (χ0) is 13.3. The van der Waals surface area contributed by atoms with Gasteiger partial charge in [0.05, 0.1) is 18.8 Å². The fourth-order valence-corrected chi connectivity index (χ4v) is 1.88. The highest BCUT2D eigenvalue weighted by Crippen LogP contribution is 2.22. The standard InChI is InChI=1S/C14H21N3O/c1-14(2,16(3)4)10-17-7-6-11-8-13(18-5)15-9-12(11)17/h6-9H,10H2,1-5H3. The molecule has 98 valence electrons. The molecule has 0 bridgehead atoms. The third kappa shape index (κ3) is 2.34. The summed E-state index contributed by atoms with van der Waals surface area (Å²) in [6.45, 7) is 5.39. The van der Waals surface area contributed by atoms with E-state index in [-0.39, 0.29) is 5.54 Å². The third-order valence-electron chi connectivity index (χ3n) is 3.61. The van der Waals surface area contributed by atoms with Crippen LogP contribution in [-0.4, -0.2) is 41.2 Å². The Kier molecular flexibility index (Phi) is 3.30. The minimum absolute atomic E-state index is 0.103. The van der Waals surface area contributed by atoms with Crippen molar-refractivity contribution in [2.24, 2.45) is 0 Å². The van der Waals surface area contributed by atoms with Crippen molar-refractivity contribution < 1.29 is 4.74 Å². The molecule has 0 spiro atoms. The first-order valence-electron chi connectivity index (χ1n) is 6.10. The van der Waals surface area contributed by atoms with Crippen LogP contribution in [0.2, 0.25) is 0 Å². The molecule has 0 aliphatic rings. The van der Waals surface area contributed by atoms with E-state index in [1.165, 1.54) is 0 Å². The molecule has 0 fully saturated rings. The lowest BCUT2D eigenvalue weighted by molar-refractivity contribution is 0.171. The van der Waals surface area contributed by atoms with Gasteiger partial charge in [0.25, 0.3) is 0 Å². The number of ether oxygens (including phenoxy) is 1. The summed E-state index contributed by atoms with van der Waals surface area (Å²) in [4.78, 5) is 6.51. The van der Waals surface area contributed by atoms with Crippen LogP contribution in [0.25, 0.3) is 10.9 Å². The Bertz CT molecular complexity index is 543. The summed E-state index contributed by atoms with van der Waals surface area (Å²) in [5.74, 6) is 0.659. The van der Waals surface area contributed by atoms with Crippen LogP contribution in [-0.2, 0) is 6.54 Å². The molecule has 4 nitrogen and oxygen atoms in total. The van der Waals surface area contributed by atoms with Gasteiger partial charge in [0.15, 0.2) is 0 Å². The number of rotatable bonds is 4. The van der Waals surface area contributed by atoms with Gasteiger partial charge >= 0.3 is 0 Å². The predicted octanol–water partition coefficient (Wildman–Crippen LogP) is 2.39. The van der Waals surface area contributed by atoms with E-state index in [4.69, 9.17) is 4.74 Å². The molecule has 0 amide bonds. The smallest absolute Gasteiger partial charge is 0.213 e. The number of fused-ring (bicyclic) bond motifs is 1. The Balaban J connectivity index is 2.35. The van der Waals surface area contributed by atoms with Gasteiger partial charge in [-0.25, -0.2) is 4.98 Å². The molecule has 2 aromatic rings. The molecule has 2 aromatic heterocycles. The van der Waals surface area contributed by atoms with Crippen LogP contribution >= 0.6 is 0 Å². The summed E-state index contributed by atoms with van der Waals surface area (Å²) in [5.41, 5.74) is 1.25. The van der Waals surface area contributed by atoms with Crippen LogP contribution < -0.4 is 4.74 Å². The maximum atomic E-state index is 5.14. The summed E-state index contributed by atoms with van der Waals surface area (Å²) in [7, 11) is 5.85. The maximum Gasteiger partial charge on any atom is 0.213 e. The highest BCUT2D eigenvalue weighted by Gasteiger charge is 2.21. The van der Waals surface area contributed by atoms with Gasteiger partial charge in [0.1, 0.15) is 0 Å². The second kappa shape index (κ2) is 4.61. The SMILES string of the molecule is COc1cc2ccn(CC(C)(C)N(C)C)c2cn1. The van der Waals surface area contributed by atoms with Crippen molar-refractivity contribution >= 4 is 10.9 Å². The van der Waals surface area contributed by atoms with Crippen molar-refractivity contribution in [1.82, 2.24) is 14.5 Å². The second-order valence-corrected chi connectivity index (χ2v) is 5.44. The zero-order valence-corrected chi connectivity index (χ0v) is 11.8. The lowest BCUT2D eigenvalue weighted by Gasteiger charge is -2.33. The minimum Gasteiger partial charge on any atom is -0.481 e. The van der Waals surface area contributed by atoms with Crippen molar-refractivity contribution in [2.75, 3.05) is 21.2 Å². The van der Waals surface area contributed by atoms with Crippen molar-refractivity contribution in [3.05, 3.63) is 24.5 Å². The number of methoxy groups -OCH3 is 1. The molecule has 0 N–H and O–H groups in total. The molecule has 0 radical (unpaired) electrons. The molecule has 0 aliphatic heterocycles. The van der Waals surface area contributed by atoms with E-state index in [9.17, 15) is 0 Å². The van der Waals surface area contributed by atoms with Crippen LogP contribution in [0.5, 0.6) is 5.88 Å². The van der Waals surface area contributed by atoms with Gasteiger partial charge in [0.2, 0.25) is 5.88 Å². The van der Waals surface area contributed by atoms with Crippen molar-refractivity contribution in [2.45, 2.75) is 25.9 Å². The van der Waals surface area contributed by atoms with Crippen LogP contribution in [0.4, 0.5) is 0 Å². The Hall–Kier alpha value is -1.55. The normalized spacial score (nSPS) is 12.3. The minimum atomic E-state index is 0.103. The number of likely N-dealkylation sites (N-methyl/N-ethyl adjacent to an activating group) is 1. The summed E-state index contributed by atoms with van der Waals surface area (Å²) in [6.07, 6.45) is 3.98. The quantitative estimate of drug-likeness (QED) is 0.831. The van der Waals surface area contributed by atoms with Crippen LogP contribution in [0, 0.1) is 0 Å². The lowest BCUT2D eigenvalue weighted by atomic mass is 10.0. The number of nitrogens with zero attached hydrogens (tertiary/aromatic N) is 3. The molecule has 2 heterocycles. The first kappa shape index (κ1) is 12.9. The monoisotopic (exact) mass is 247 g/mol. The van der Waals surface area contributed by atoms with Gasteiger partial charge < -0.3 is 14.2 Å². The number of pyridine rings is 1. The molecule has 0 aromatic carbocycles. The molecule has 18 heavy (non-hydrogen) atoms. The van der Waals surface area contributed by atoms with Crippen LogP contribution in [0.1, 0.15) is 13.8 Å². The number of hydrogen-bond donors (Lipinski definition) is 0. The second-order valence-electron chi connectivity index (χ2n) is 5.44. The fraction of sp³-hybridized carbons (Fsp3) is 0.500. The summed E-state index contributed by atoms with van der Waals surface area (Å²) < 4.78 is 7.38. The molecule has 4 heteroatoms. The maximum absolute atomic E-state index is 5.14. The van der Waals surface area contributed by atoms with Crippen molar-refractivity contribution in [3.8, 4) is 5.88 Å². The molecule has 0 unspecified atom stereocenters. The van der Waals surface area contributed by atoms with E-state index >= 15 is 0 Å². The van der Waals surface area contributed by atoms with Crippen molar-refractivity contribution in [3.63, 3.8) is 0 Å². The molecular formula is C14H21N3O. The van der Waals surface area contributed by atoms with E-state index in [0.29, 0.717) is 5.88 Å². The molecule has 0 saturated carbocycles. The average Bonchev–Trinajstić information content (AvgIpc) is 2.71. The van der Waals surface area contributed by atoms with E-state index in [1.807, 2.05) is 12.3 Å². The van der Waals surface area contributed by atoms with Gasteiger partial charge in [0, 0.05) is 29.7 Å². The first-order valence-corrected chi connectivity index (χ1v) is 6.10. The van der Waals surface area contributed by atoms with Gasteiger partial charge in [-0.1, -0.05) is 0 Å². The van der Waals surface area contributed by atoms with E-state index < -0.39 is 0 Å². The highest BCUT2D eigenvalue weighted by molar-refractivity contribution is 5.80. The van der Waals surface area contributed by atoms with Gasteiger partial charge in [-0.2, -0.15) is 0 Å². The number of aromatic nitrogens is 2. The third-order valence-corrected chi connectivity index (χ3v) is 3.61. The summed E-state index contributed by atoms with van der Waals surface area (Å²) in [6, 6.07) is 4.07. The molecule has 2 rings (SSSR count). The fourth-order valence-electron chi connectivity index (χ4n) is 1.88.